The highest BCUT2D eigenvalue weighted by atomic mass is 16.5. The molecular weight excluding hydrogens is 260 g/mol. The van der Waals surface area contributed by atoms with Gasteiger partial charge in [0, 0.05) is 17.0 Å². The standard InChI is InChI=1S/C18H28N2O/c1-17(2)15-7-6-14(20-8-4-5-9-20)11-18(15,3)10-13-12-19-21-16(13)17/h12,14-15H,4-11H2,1-3H3. The number of hydrogen-bond acceptors (Lipinski definition) is 3. The monoisotopic (exact) mass is 288 g/mol. The number of hydrogen-bond donors (Lipinski definition) is 0. The van der Waals surface area contributed by atoms with Crippen molar-refractivity contribution >= 4 is 0 Å². The summed E-state index contributed by atoms with van der Waals surface area (Å²) in [5.41, 5.74) is 1.91. The van der Waals surface area contributed by atoms with Crippen LogP contribution in [0.25, 0.3) is 0 Å². The zero-order chi connectivity index (χ0) is 14.7. The number of likely N-dealkylation sites (tertiary alicyclic amines) is 1. The molecule has 3 atom stereocenters. The molecule has 1 aromatic heterocycles. The van der Waals surface area contributed by atoms with Gasteiger partial charge in [0.2, 0.25) is 0 Å². The summed E-state index contributed by atoms with van der Waals surface area (Å²) in [6.45, 7) is 9.92. The molecule has 3 nitrogen and oxygen atoms in total. The van der Waals surface area contributed by atoms with Gasteiger partial charge in [-0.15, -0.1) is 0 Å². The summed E-state index contributed by atoms with van der Waals surface area (Å²) < 4.78 is 5.63. The molecule has 2 fully saturated rings. The lowest BCUT2D eigenvalue weighted by Gasteiger charge is -2.55. The molecule has 0 aromatic carbocycles. The summed E-state index contributed by atoms with van der Waals surface area (Å²) in [7, 11) is 0. The molecule has 1 saturated heterocycles. The van der Waals surface area contributed by atoms with Gasteiger partial charge in [-0.2, -0.15) is 0 Å². The van der Waals surface area contributed by atoms with Crippen LogP contribution in [-0.2, 0) is 11.8 Å². The summed E-state index contributed by atoms with van der Waals surface area (Å²) in [4.78, 5) is 2.76. The maximum Gasteiger partial charge on any atom is 0.145 e. The van der Waals surface area contributed by atoms with Gasteiger partial charge in [0.1, 0.15) is 5.76 Å². The van der Waals surface area contributed by atoms with Crippen molar-refractivity contribution in [3.05, 3.63) is 17.5 Å². The van der Waals surface area contributed by atoms with Gasteiger partial charge in [-0.3, -0.25) is 0 Å². The van der Waals surface area contributed by atoms with Gasteiger partial charge >= 0.3 is 0 Å². The van der Waals surface area contributed by atoms with E-state index >= 15 is 0 Å². The Kier molecular flexibility index (Phi) is 3.01. The minimum Gasteiger partial charge on any atom is -0.361 e. The van der Waals surface area contributed by atoms with E-state index in [9.17, 15) is 0 Å². The van der Waals surface area contributed by atoms with Crippen molar-refractivity contribution in [1.82, 2.24) is 10.1 Å². The van der Waals surface area contributed by atoms with Gasteiger partial charge in [0.25, 0.3) is 0 Å². The molecular formula is C18H28N2O. The lowest BCUT2D eigenvalue weighted by atomic mass is 9.51. The molecule has 21 heavy (non-hydrogen) atoms. The van der Waals surface area contributed by atoms with Gasteiger partial charge in [-0.05, 0) is 62.9 Å². The summed E-state index contributed by atoms with van der Waals surface area (Å²) in [6.07, 6.45) is 9.99. The minimum atomic E-state index is 0.134. The molecule has 3 aliphatic rings. The molecule has 0 N–H and O–H groups in total. The van der Waals surface area contributed by atoms with Crippen molar-refractivity contribution in [3.63, 3.8) is 0 Å². The quantitative estimate of drug-likeness (QED) is 0.787. The van der Waals surface area contributed by atoms with Crippen LogP contribution in [0.1, 0.15) is 64.2 Å². The Morgan fingerprint density at radius 2 is 1.95 bits per heavy atom. The molecule has 2 aliphatic carbocycles. The fourth-order valence-corrected chi connectivity index (χ4v) is 5.85. The van der Waals surface area contributed by atoms with Crippen LogP contribution < -0.4 is 0 Å². The Morgan fingerprint density at radius 1 is 1.19 bits per heavy atom. The van der Waals surface area contributed by atoms with E-state index in [1.54, 1.807) is 0 Å². The maximum absolute atomic E-state index is 5.63. The first-order valence-electron chi connectivity index (χ1n) is 8.69. The van der Waals surface area contributed by atoms with Crippen molar-refractivity contribution in [1.29, 1.82) is 0 Å². The van der Waals surface area contributed by atoms with Crippen LogP contribution in [0.2, 0.25) is 0 Å². The van der Waals surface area contributed by atoms with E-state index in [1.165, 1.54) is 50.8 Å². The molecule has 3 heteroatoms. The SMILES string of the molecule is CC12Cc3cnoc3C(C)(C)C1CCC(N1CCCC1)C2. The number of rotatable bonds is 1. The average Bonchev–Trinajstić information content (AvgIpc) is 3.07. The highest BCUT2D eigenvalue weighted by molar-refractivity contribution is 5.30. The van der Waals surface area contributed by atoms with Crippen LogP contribution in [0.4, 0.5) is 0 Å². The van der Waals surface area contributed by atoms with Gasteiger partial charge < -0.3 is 9.42 Å². The average molecular weight is 288 g/mol. The second-order valence-corrected chi connectivity index (χ2v) is 8.46. The first-order chi connectivity index (χ1) is 10.0. The lowest BCUT2D eigenvalue weighted by molar-refractivity contribution is -0.0107. The van der Waals surface area contributed by atoms with Crippen LogP contribution >= 0.6 is 0 Å². The minimum absolute atomic E-state index is 0.134. The fourth-order valence-electron chi connectivity index (χ4n) is 5.85. The molecule has 0 spiro atoms. The van der Waals surface area contributed by atoms with Crippen LogP contribution in [0, 0.1) is 11.3 Å². The van der Waals surface area contributed by atoms with Crippen LogP contribution in [-0.4, -0.2) is 29.2 Å². The molecule has 1 aromatic rings. The third kappa shape index (κ3) is 2.00. The zero-order valence-electron chi connectivity index (χ0n) is 13.7. The molecule has 0 amide bonds. The lowest BCUT2D eigenvalue weighted by Crippen LogP contribution is -2.53. The van der Waals surface area contributed by atoms with E-state index in [1.807, 2.05) is 6.20 Å². The Balaban J connectivity index is 1.65. The van der Waals surface area contributed by atoms with E-state index in [-0.39, 0.29) is 5.41 Å². The van der Waals surface area contributed by atoms with Crippen molar-refractivity contribution in [2.24, 2.45) is 11.3 Å². The van der Waals surface area contributed by atoms with E-state index < -0.39 is 0 Å². The zero-order valence-corrected chi connectivity index (χ0v) is 13.7. The molecule has 1 saturated carbocycles. The van der Waals surface area contributed by atoms with Crippen LogP contribution in [0.3, 0.4) is 0 Å². The molecule has 0 radical (unpaired) electrons. The normalized spacial score (nSPS) is 39.0. The molecule has 0 bridgehead atoms. The van der Waals surface area contributed by atoms with Crippen molar-refractivity contribution < 1.29 is 4.52 Å². The third-order valence-electron chi connectivity index (χ3n) is 6.68. The number of nitrogens with zero attached hydrogens (tertiary/aromatic N) is 2. The molecule has 116 valence electrons. The predicted octanol–water partition coefficient (Wildman–Crippen LogP) is 3.78. The third-order valence-corrected chi connectivity index (χ3v) is 6.68. The molecule has 1 aliphatic heterocycles. The van der Waals surface area contributed by atoms with E-state index in [4.69, 9.17) is 4.52 Å². The Bertz CT molecular complexity index is 529. The van der Waals surface area contributed by atoms with Crippen molar-refractivity contribution in [3.8, 4) is 0 Å². The summed E-state index contributed by atoms with van der Waals surface area (Å²) in [5, 5.41) is 4.10. The van der Waals surface area contributed by atoms with Gasteiger partial charge in [-0.1, -0.05) is 25.9 Å². The summed E-state index contributed by atoms with van der Waals surface area (Å²) in [6, 6.07) is 0.811. The molecule has 3 unspecified atom stereocenters. The summed E-state index contributed by atoms with van der Waals surface area (Å²) >= 11 is 0. The smallest absolute Gasteiger partial charge is 0.145 e. The van der Waals surface area contributed by atoms with Crippen LogP contribution in [0.5, 0.6) is 0 Å². The highest BCUT2D eigenvalue weighted by Crippen LogP contribution is 2.57. The predicted molar refractivity (Wildman–Crippen MR) is 83.3 cm³/mol. The number of fused-ring (bicyclic) bond motifs is 2. The Hall–Kier alpha value is -0.830. The number of aromatic nitrogens is 1. The summed E-state index contributed by atoms with van der Waals surface area (Å²) in [5.74, 6) is 1.88. The van der Waals surface area contributed by atoms with Gasteiger partial charge in [0.15, 0.2) is 0 Å². The van der Waals surface area contributed by atoms with E-state index in [0.29, 0.717) is 5.41 Å². The largest absolute Gasteiger partial charge is 0.361 e. The topological polar surface area (TPSA) is 29.3 Å². The second-order valence-electron chi connectivity index (χ2n) is 8.46. The molecule has 2 heterocycles. The Morgan fingerprint density at radius 3 is 2.71 bits per heavy atom. The van der Waals surface area contributed by atoms with Gasteiger partial charge in [0.05, 0.1) is 6.20 Å². The highest BCUT2D eigenvalue weighted by Gasteiger charge is 2.54. The second kappa shape index (κ2) is 4.58. The van der Waals surface area contributed by atoms with Crippen molar-refractivity contribution in [2.75, 3.05) is 13.1 Å². The Labute approximate surface area is 128 Å². The maximum atomic E-state index is 5.63. The van der Waals surface area contributed by atoms with E-state index in [2.05, 4.69) is 30.8 Å². The molecule has 4 rings (SSSR count). The van der Waals surface area contributed by atoms with Crippen molar-refractivity contribution in [2.45, 2.75) is 70.8 Å². The first-order valence-corrected chi connectivity index (χ1v) is 8.69. The van der Waals surface area contributed by atoms with E-state index in [0.717, 1.165) is 24.1 Å². The van der Waals surface area contributed by atoms with Crippen LogP contribution in [0.15, 0.2) is 10.7 Å². The fraction of sp³-hybridized carbons (Fsp3) is 0.833. The first kappa shape index (κ1) is 13.8. The van der Waals surface area contributed by atoms with Gasteiger partial charge in [-0.25, -0.2) is 0 Å².